The third-order valence-electron chi connectivity index (χ3n) is 3.43. The van der Waals surface area contributed by atoms with Crippen LogP contribution in [0.5, 0.6) is 0 Å². The minimum absolute atomic E-state index is 0.838. The van der Waals surface area contributed by atoms with Crippen LogP contribution >= 0.6 is 0 Å². The lowest BCUT2D eigenvalue weighted by atomic mass is 10.1. The van der Waals surface area contributed by atoms with Crippen molar-refractivity contribution in [3.05, 3.63) is 60.8 Å². The number of hydrogen-bond acceptors (Lipinski definition) is 2. The number of hydrogen-bond donors (Lipinski definition) is 2. The van der Waals surface area contributed by atoms with Gasteiger partial charge in [-0.05, 0) is 36.8 Å². The second kappa shape index (κ2) is 5.65. The molecule has 2 N–H and O–H groups in total. The molecule has 0 aliphatic heterocycles. The molecule has 0 radical (unpaired) electrons. The lowest BCUT2D eigenvalue weighted by Gasteiger charge is -2.09. The number of anilines is 1. The van der Waals surface area contributed by atoms with Crippen LogP contribution in [0.4, 0.5) is 5.69 Å². The molecule has 0 amide bonds. The average molecular weight is 266 g/mol. The third-order valence-corrected chi connectivity index (χ3v) is 3.43. The van der Waals surface area contributed by atoms with Crippen molar-refractivity contribution in [2.75, 3.05) is 5.32 Å². The number of H-pyrrole nitrogens is 1. The zero-order chi connectivity index (χ0) is 13.8. The number of aromatic amines is 1. The van der Waals surface area contributed by atoms with E-state index in [0.717, 1.165) is 30.0 Å². The molecule has 0 unspecified atom stereocenters. The quantitative estimate of drug-likeness (QED) is 0.742. The van der Waals surface area contributed by atoms with Gasteiger partial charge in [-0.3, -0.25) is 0 Å². The standard InChI is InChI=1S/C16H18N4/c1-2-20-9-3-4-15(20)10-18-14-7-5-13(6-8-14)16-11-17-12-19-16/h3-9,11-12,18H,2,10H2,1H3,(H,17,19). The number of aromatic nitrogens is 3. The molecule has 0 saturated heterocycles. The van der Waals surface area contributed by atoms with E-state index in [2.05, 4.69) is 69.4 Å². The van der Waals surface area contributed by atoms with Crippen molar-refractivity contribution in [2.24, 2.45) is 0 Å². The van der Waals surface area contributed by atoms with Gasteiger partial charge in [0.15, 0.2) is 0 Å². The van der Waals surface area contributed by atoms with Gasteiger partial charge in [0.05, 0.1) is 24.8 Å². The number of benzene rings is 1. The molecule has 4 heteroatoms. The van der Waals surface area contributed by atoms with Crippen LogP contribution in [0.25, 0.3) is 11.3 Å². The molecular formula is C16H18N4. The van der Waals surface area contributed by atoms with Gasteiger partial charge in [0.2, 0.25) is 0 Å². The number of nitrogens with one attached hydrogen (secondary N) is 2. The summed E-state index contributed by atoms with van der Waals surface area (Å²) in [5.74, 6) is 0. The fourth-order valence-electron chi connectivity index (χ4n) is 2.29. The van der Waals surface area contributed by atoms with Gasteiger partial charge in [-0.1, -0.05) is 12.1 Å². The fourth-order valence-corrected chi connectivity index (χ4v) is 2.29. The number of rotatable bonds is 5. The first kappa shape index (κ1) is 12.5. The molecule has 2 heterocycles. The van der Waals surface area contributed by atoms with E-state index in [1.54, 1.807) is 6.33 Å². The Labute approximate surface area is 118 Å². The monoisotopic (exact) mass is 266 g/mol. The Morgan fingerprint density at radius 1 is 1.20 bits per heavy atom. The van der Waals surface area contributed by atoms with Gasteiger partial charge in [-0.15, -0.1) is 0 Å². The summed E-state index contributed by atoms with van der Waals surface area (Å²) in [7, 11) is 0. The van der Waals surface area contributed by atoms with E-state index < -0.39 is 0 Å². The molecule has 0 fully saturated rings. The maximum atomic E-state index is 4.04. The zero-order valence-corrected chi connectivity index (χ0v) is 11.5. The number of imidazole rings is 1. The van der Waals surface area contributed by atoms with Crippen LogP contribution in [-0.4, -0.2) is 14.5 Å². The van der Waals surface area contributed by atoms with E-state index in [0.29, 0.717) is 0 Å². The van der Waals surface area contributed by atoms with Crippen molar-refractivity contribution < 1.29 is 0 Å². The molecule has 3 aromatic rings. The molecule has 0 aliphatic rings. The van der Waals surface area contributed by atoms with Crippen LogP contribution in [0.15, 0.2) is 55.1 Å². The van der Waals surface area contributed by atoms with E-state index >= 15 is 0 Å². The summed E-state index contributed by atoms with van der Waals surface area (Å²) in [5, 5.41) is 3.45. The molecule has 0 aliphatic carbocycles. The van der Waals surface area contributed by atoms with E-state index in [1.165, 1.54) is 5.69 Å². The summed E-state index contributed by atoms with van der Waals surface area (Å²) in [4.78, 5) is 7.14. The van der Waals surface area contributed by atoms with Crippen LogP contribution < -0.4 is 5.32 Å². The summed E-state index contributed by atoms with van der Waals surface area (Å²) in [5.41, 5.74) is 4.60. The Hall–Kier alpha value is -2.49. The maximum absolute atomic E-state index is 4.04. The van der Waals surface area contributed by atoms with Crippen LogP contribution in [0.1, 0.15) is 12.6 Å². The fraction of sp³-hybridized carbons (Fsp3) is 0.188. The average Bonchev–Trinajstić information content (AvgIpc) is 3.16. The topological polar surface area (TPSA) is 45.6 Å². The predicted octanol–water partition coefficient (Wildman–Crippen LogP) is 3.51. The van der Waals surface area contributed by atoms with E-state index in [1.807, 2.05) is 6.20 Å². The molecule has 0 saturated carbocycles. The van der Waals surface area contributed by atoms with E-state index in [9.17, 15) is 0 Å². The van der Waals surface area contributed by atoms with Crippen molar-refractivity contribution in [3.8, 4) is 11.3 Å². The molecule has 102 valence electrons. The summed E-state index contributed by atoms with van der Waals surface area (Å²) in [6.07, 6.45) is 5.63. The smallest absolute Gasteiger partial charge is 0.0924 e. The summed E-state index contributed by atoms with van der Waals surface area (Å²) < 4.78 is 2.24. The largest absolute Gasteiger partial charge is 0.379 e. The second-order valence-corrected chi connectivity index (χ2v) is 4.68. The Morgan fingerprint density at radius 3 is 2.75 bits per heavy atom. The molecule has 0 spiro atoms. The van der Waals surface area contributed by atoms with Gasteiger partial charge in [0.1, 0.15) is 0 Å². The summed E-state index contributed by atoms with van der Waals surface area (Å²) >= 11 is 0. The molecule has 1 aromatic carbocycles. The first-order valence-corrected chi connectivity index (χ1v) is 6.83. The van der Waals surface area contributed by atoms with Crippen molar-refractivity contribution >= 4 is 5.69 Å². The minimum atomic E-state index is 0.838. The first-order valence-electron chi connectivity index (χ1n) is 6.83. The van der Waals surface area contributed by atoms with Crippen LogP contribution in [-0.2, 0) is 13.1 Å². The number of aryl methyl sites for hydroxylation is 1. The zero-order valence-electron chi connectivity index (χ0n) is 11.5. The molecule has 20 heavy (non-hydrogen) atoms. The van der Waals surface area contributed by atoms with E-state index in [4.69, 9.17) is 0 Å². The highest BCUT2D eigenvalue weighted by Crippen LogP contribution is 2.19. The number of nitrogens with zero attached hydrogens (tertiary/aromatic N) is 2. The summed E-state index contributed by atoms with van der Waals surface area (Å²) in [6.45, 7) is 4.00. The van der Waals surface area contributed by atoms with Gasteiger partial charge in [-0.2, -0.15) is 0 Å². The Balaban J connectivity index is 1.67. The molecule has 3 rings (SSSR count). The maximum Gasteiger partial charge on any atom is 0.0924 e. The van der Waals surface area contributed by atoms with Crippen molar-refractivity contribution in [1.82, 2.24) is 14.5 Å². The van der Waals surface area contributed by atoms with Gasteiger partial charge >= 0.3 is 0 Å². The molecule has 4 nitrogen and oxygen atoms in total. The first-order chi connectivity index (χ1) is 9.86. The van der Waals surface area contributed by atoms with Gasteiger partial charge in [-0.25, -0.2) is 4.98 Å². The van der Waals surface area contributed by atoms with Crippen molar-refractivity contribution in [3.63, 3.8) is 0 Å². The Morgan fingerprint density at radius 2 is 2.05 bits per heavy atom. The highest BCUT2D eigenvalue weighted by molar-refractivity contribution is 5.61. The predicted molar refractivity (Wildman–Crippen MR) is 81.5 cm³/mol. The lowest BCUT2D eigenvalue weighted by molar-refractivity contribution is 0.724. The normalized spacial score (nSPS) is 10.7. The van der Waals surface area contributed by atoms with Crippen molar-refractivity contribution in [1.29, 1.82) is 0 Å². The highest BCUT2D eigenvalue weighted by Gasteiger charge is 2.01. The minimum Gasteiger partial charge on any atom is -0.379 e. The second-order valence-electron chi connectivity index (χ2n) is 4.68. The Bertz CT molecular complexity index is 650. The van der Waals surface area contributed by atoms with Crippen molar-refractivity contribution in [2.45, 2.75) is 20.0 Å². The lowest BCUT2D eigenvalue weighted by Crippen LogP contribution is -2.05. The molecular weight excluding hydrogens is 248 g/mol. The summed E-state index contributed by atoms with van der Waals surface area (Å²) in [6, 6.07) is 12.6. The molecule has 0 atom stereocenters. The van der Waals surface area contributed by atoms with Gasteiger partial charge in [0.25, 0.3) is 0 Å². The SMILES string of the molecule is CCn1cccc1CNc1ccc(-c2cnc[nH]2)cc1. The van der Waals surface area contributed by atoms with E-state index in [-0.39, 0.29) is 0 Å². The van der Waals surface area contributed by atoms with Crippen LogP contribution in [0.3, 0.4) is 0 Å². The Kier molecular flexibility index (Phi) is 3.54. The highest BCUT2D eigenvalue weighted by atomic mass is 15.0. The van der Waals surface area contributed by atoms with Crippen LogP contribution in [0.2, 0.25) is 0 Å². The van der Waals surface area contributed by atoms with Gasteiger partial charge < -0.3 is 14.9 Å². The van der Waals surface area contributed by atoms with Crippen LogP contribution in [0, 0.1) is 0 Å². The third kappa shape index (κ3) is 2.59. The van der Waals surface area contributed by atoms with Gasteiger partial charge in [0, 0.05) is 24.1 Å². The molecule has 0 bridgehead atoms. The molecule has 2 aromatic heterocycles.